The summed E-state index contributed by atoms with van der Waals surface area (Å²) in [4.78, 5) is 12.8. The Kier molecular flexibility index (Phi) is 3.96. The van der Waals surface area contributed by atoms with Crippen molar-refractivity contribution in [2.75, 3.05) is 19.0 Å². The van der Waals surface area contributed by atoms with Gasteiger partial charge in [-0.25, -0.2) is 15.0 Å². The molecule has 0 bridgehead atoms. The Labute approximate surface area is 133 Å². The summed E-state index contributed by atoms with van der Waals surface area (Å²) < 4.78 is 7.77. The van der Waals surface area contributed by atoms with Crippen LogP contribution in [0.2, 0.25) is 0 Å². The molecule has 0 radical (unpaired) electrons. The van der Waals surface area contributed by atoms with Crippen molar-refractivity contribution in [3.05, 3.63) is 10.2 Å². The van der Waals surface area contributed by atoms with Crippen LogP contribution in [0.4, 0.5) is 5.82 Å². The van der Waals surface area contributed by atoms with Crippen LogP contribution >= 0.6 is 22.6 Å². The van der Waals surface area contributed by atoms with E-state index in [9.17, 15) is 10.2 Å². The zero-order valence-electron chi connectivity index (χ0n) is 11.1. The number of aliphatic hydroxyl groups is 2. The second-order valence-electron chi connectivity index (χ2n) is 4.73. The second kappa shape index (κ2) is 5.61. The van der Waals surface area contributed by atoms with E-state index in [1.807, 2.05) is 22.6 Å². The van der Waals surface area contributed by atoms with Gasteiger partial charge in [-0.1, -0.05) is 0 Å². The summed E-state index contributed by atoms with van der Waals surface area (Å²) in [6.45, 7) is -0.254. The number of nitrogens with zero attached hydrogens (tertiary/aromatic N) is 4. The first-order chi connectivity index (χ1) is 10.1. The van der Waals surface area contributed by atoms with Gasteiger partial charge in [0, 0.05) is 29.6 Å². The quantitative estimate of drug-likeness (QED) is 0.379. The third kappa shape index (κ3) is 2.36. The average molecular weight is 406 g/mol. The Morgan fingerprint density at radius 3 is 2.90 bits per heavy atom. The molecule has 0 aliphatic carbocycles. The number of halogens is 1. The lowest BCUT2D eigenvalue weighted by Gasteiger charge is -2.17. The first kappa shape index (κ1) is 14.8. The summed E-state index contributed by atoms with van der Waals surface area (Å²) in [6.07, 6.45) is -0.786. The molecule has 4 atom stereocenters. The number of ether oxygens (including phenoxy) is 1. The Hall–Kier alpha value is -1.08. The SMILES string of the molecule is CNc1nc(I)nc2c1ncn2[C@@H]1O[C@H](CO)[C@@H](N)[C@H]1O. The lowest BCUT2D eigenvalue weighted by molar-refractivity contribution is -0.0488. The van der Waals surface area contributed by atoms with Crippen LogP contribution in [0.1, 0.15) is 6.23 Å². The molecular weight excluding hydrogens is 391 g/mol. The highest BCUT2D eigenvalue weighted by Gasteiger charge is 2.42. The highest BCUT2D eigenvalue weighted by atomic mass is 127. The molecule has 0 spiro atoms. The molecule has 0 unspecified atom stereocenters. The van der Waals surface area contributed by atoms with Gasteiger partial charge in [-0.2, -0.15) is 0 Å². The van der Waals surface area contributed by atoms with Gasteiger partial charge < -0.3 is 26.0 Å². The van der Waals surface area contributed by atoms with Crippen LogP contribution in [0.3, 0.4) is 0 Å². The van der Waals surface area contributed by atoms with Crippen molar-refractivity contribution >= 4 is 39.6 Å². The Bertz CT molecular complexity index is 665. The molecule has 21 heavy (non-hydrogen) atoms. The number of aliphatic hydroxyl groups excluding tert-OH is 2. The third-order valence-electron chi connectivity index (χ3n) is 3.52. The molecule has 10 heteroatoms. The van der Waals surface area contributed by atoms with Crippen LogP contribution in [0.5, 0.6) is 0 Å². The maximum atomic E-state index is 10.2. The lowest BCUT2D eigenvalue weighted by Crippen LogP contribution is -2.41. The lowest BCUT2D eigenvalue weighted by atomic mass is 10.1. The Balaban J connectivity index is 2.07. The third-order valence-corrected chi connectivity index (χ3v) is 4.00. The molecule has 0 saturated carbocycles. The fraction of sp³-hybridized carbons (Fsp3) is 0.545. The standard InChI is InChI=1S/C11H15IN6O3/c1-14-8-6-9(17-11(12)16-8)18(3-15-6)10-7(20)5(13)4(2-19)21-10/h3-5,7,10,19-20H,2,13H2,1H3,(H,14,16,17)/t4-,5-,7-,10-/m1/s1. The fourth-order valence-corrected chi connectivity index (χ4v) is 2.88. The van der Waals surface area contributed by atoms with E-state index in [2.05, 4.69) is 20.3 Å². The molecule has 3 rings (SSSR count). The van der Waals surface area contributed by atoms with E-state index >= 15 is 0 Å². The van der Waals surface area contributed by atoms with Crippen molar-refractivity contribution < 1.29 is 14.9 Å². The Morgan fingerprint density at radius 2 is 2.29 bits per heavy atom. The van der Waals surface area contributed by atoms with E-state index in [0.717, 1.165) is 0 Å². The minimum absolute atomic E-state index is 0.254. The van der Waals surface area contributed by atoms with Gasteiger partial charge in [0.25, 0.3) is 0 Å². The fourth-order valence-electron chi connectivity index (χ4n) is 2.41. The minimum atomic E-state index is -0.954. The van der Waals surface area contributed by atoms with Gasteiger partial charge in [0.1, 0.15) is 12.2 Å². The van der Waals surface area contributed by atoms with E-state index in [0.29, 0.717) is 20.8 Å². The highest BCUT2D eigenvalue weighted by Crippen LogP contribution is 2.31. The molecule has 114 valence electrons. The van der Waals surface area contributed by atoms with Gasteiger partial charge in [-0.15, -0.1) is 0 Å². The number of fused-ring (bicyclic) bond motifs is 1. The topological polar surface area (TPSA) is 131 Å². The normalized spacial score (nSPS) is 29.2. The first-order valence-corrected chi connectivity index (χ1v) is 7.42. The van der Waals surface area contributed by atoms with Crippen molar-refractivity contribution in [2.24, 2.45) is 5.73 Å². The van der Waals surface area contributed by atoms with Crippen molar-refractivity contribution in [3.63, 3.8) is 0 Å². The average Bonchev–Trinajstić information content (AvgIpc) is 3.01. The molecule has 3 heterocycles. The number of imidazole rings is 1. The van der Waals surface area contributed by atoms with Gasteiger partial charge in [0.05, 0.1) is 19.0 Å². The van der Waals surface area contributed by atoms with E-state index in [-0.39, 0.29) is 6.61 Å². The van der Waals surface area contributed by atoms with Gasteiger partial charge in [0.2, 0.25) is 0 Å². The number of nitrogens with one attached hydrogen (secondary N) is 1. The number of aromatic nitrogens is 4. The highest BCUT2D eigenvalue weighted by molar-refractivity contribution is 14.1. The van der Waals surface area contributed by atoms with Crippen molar-refractivity contribution in [2.45, 2.75) is 24.5 Å². The van der Waals surface area contributed by atoms with Crippen LogP contribution in [0.15, 0.2) is 6.33 Å². The van der Waals surface area contributed by atoms with Gasteiger partial charge >= 0.3 is 0 Å². The maximum Gasteiger partial charge on any atom is 0.194 e. The number of rotatable bonds is 3. The molecule has 0 aromatic carbocycles. The number of nitrogens with two attached hydrogens (primary N) is 1. The summed E-state index contributed by atoms with van der Waals surface area (Å²) >= 11 is 2.00. The van der Waals surface area contributed by atoms with Crippen LogP contribution in [-0.2, 0) is 4.74 Å². The van der Waals surface area contributed by atoms with E-state index in [4.69, 9.17) is 10.5 Å². The molecule has 9 nitrogen and oxygen atoms in total. The molecule has 0 amide bonds. The summed E-state index contributed by atoms with van der Waals surface area (Å²) in [6, 6.07) is -0.665. The molecule has 1 fully saturated rings. The molecule has 1 aliphatic heterocycles. The number of anilines is 1. The first-order valence-electron chi connectivity index (χ1n) is 6.34. The smallest absolute Gasteiger partial charge is 0.194 e. The van der Waals surface area contributed by atoms with E-state index in [1.54, 1.807) is 11.6 Å². The summed E-state index contributed by atoms with van der Waals surface area (Å²) in [5, 5.41) is 22.4. The van der Waals surface area contributed by atoms with Crippen LogP contribution in [-0.4, -0.2) is 61.6 Å². The summed E-state index contributed by atoms with van der Waals surface area (Å²) in [5.74, 6) is 0.596. The Morgan fingerprint density at radius 1 is 1.52 bits per heavy atom. The zero-order valence-corrected chi connectivity index (χ0v) is 13.3. The number of hydrogen-bond donors (Lipinski definition) is 4. The van der Waals surface area contributed by atoms with Crippen LogP contribution in [0, 0.1) is 3.83 Å². The maximum absolute atomic E-state index is 10.2. The summed E-state index contributed by atoms with van der Waals surface area (Å²) in [5.41, 5.74) is 6.96. The van der Waals surface area contributed by atoms with Gasteiger partial charge in [-0.05, 0) is 0 Å². The predicted octanol–water partition coefficient (Wildman–Crippen LogP) is -0.950. The largest absolute Gasteiger partial charge is 0.394 e. The van der Waals surface area contributed by atoms with Crippen molar-refractivity contribution in [1.82, 2.24) is 19.5 Å². The molecule has 2 aromatic rings. The molecular formula is C11H15IN6O3. The second-order valence-corrected chi connectivity index (χ2v) is 5.70. The van der Waals surface area contributed by atoms with Gasteiger partial charge in [-0.3, -0.25) is 4.57 Å². The molecule has 2 aromatic heterocycles. The zero-order chi connectivity index (χ0) is 15.1. The van der Waals surface area contributed by atoms with Gasteiger partial charge in [0.15, 0.2) is 27.0 Å². The summed E-state index contributed by atoms with van der Waals surface area (Å²) in [7, 11) is 1.75. The number of hydrogen-bond acceptors (Lipinski definition) is 8. The van der Waals surface area contributed by atoms with E-state index < -0.39 is 24.5 Å². The van der Waals surface area contributed by atoms with E-state index in [1.165, 1.54) is 6.33 Å². The predicted molar refractivity (Wildman–Crippen MR) is 82.6 cm³/mol. The minimum Gasteiger partial charge on any atom is -0.394 e. The monoisotopic (exact) mass is 406 g/mol. The molecule has 1 aliphatic rings. The van der Waals surface area contributed by atoms with Crippen LogP contribution in [0.25, 0.3) is 11.2 Å². The molecule has 5 N–H and O–H groups in total. The van der Waals surface area contributed by atoms with Crippen LogP contribution < -0.4 is 11.1 Å². The van der Waals surface area contributed by atoms with Crippen molar-refractivity contribution in [3.8, 4) is 0 Å². The molecule has 1 saturated heterocycles. The van der Waals surface area contributed by atoms with Crippen molar-refractivity contribution in [1.29, 1.82) is 0 Å².